The third kappa shape index (κ3) is 43.6. The average molecular weight is 2080 g/mol. The first-order chi connectivity index (χ1) is 65.1. The highest BCUT2D eigenvalue weighted by molar-refractivity contribution is 7.93. The van der Waals surface area contributed by atoms with E-state index in [1.807, 2.05) is 240 Å². The number of morpholine rings is 1. The van der Waals surface area contributed by atoms with Crippen LogP contribution in [-0.4, -0.2) is 178 Å². The molecule has 0 spiro atoms. The van der Waals surface area contributed by atoms with Crippen LogP contribution in [0, 0.1) is 82.1 Å². The number of nitrogens with zero attached hydrogens (tertiary/aromatic N) is 4. The molecule has 29 nitrogen and oxygen atoms in total. The molecule has 37 heteroatoms. The number of carbonyl (C=O) groups excluding carboxylic acids is 3. The zero-order valence-corrected chi connectivity index (χ0v) is 88.9. The van der Waals surface area contributed by atoms with Gasteiger partial charge in [-0.1, -0.05) is 195 Å². The molecule has 140 heavy (non-hydrogen) atoms. The summed E-state index contributed by atoms with van der Waals surface area (Å²) in [7, 11) is -21.2. The molecule has 3 saturated heterocycles. The van der Waals surface area contributed by atoms with Crippen LogP contribution in [0.5, 0.6) is 0 Å². The molecule has 5 fully saturated rings. The molecule has 5 aliphatic rings. The molecule has 3 heterocycles. The predicted molar refractivity (Wildman–Crippen MR) is 564 cm³/mol. The molecule has 3 aliphatic heterocycles. The SMILES string of the molecule is CC(=O)NS(=O)(=O)c1ccc(C)cc1.CC(=O)Nc1ccc(C)cc1.Cc1ccc(N)cc1.Cc1ccc(N)cc1.Cc1ccc(NC(=O)C2CC2)cc1.Cc1ccc(NS(=O)(=O)C2CC2)cc1.Cc1ccc(S(=O)(=O)N2CCCC2C)cc1.Cc1ccc(S(=O)(=O)N2CCN(C)CC2)cc1.Cc1ccc(S(=O)(=O)N2CCOCC2)cc1.Cc1ccc(S(C)(=O)=O)cc1.Cc1ccc(S(N)(=O)=O)cc1.Cl. The van der Waals surface area contributed by atoms with Crippen LogP contribution in [0.3, 0.4) is 0 Å². The number of amides is 3. The van der Waals surface area contributed by atoms with Crippen LogP contribution < -0.4 is 36.7 Å². The van der Waals surface area contributed by atoms with Crippen molar-refractivity contribution in [2.75, 3.05) is 99.2 Å². The summed E-state index contributed by atoms with van der Waals surface area (Å²) in [5.41, 5.74) is 27.2. The van der Waals surface area contributed by atoms with Crippen LogP contribution in [0.25, 0.3) is 0 Å². The number of ether oxygens (including phenoxy) is 1. The van der Waals surface area contributed by atoms with Crippen molar-refractivity contribution in [2.24, 2.45) is 11.1 Å². The fourth-order valence-electron chi connectivity index (χ4n) is 12.6. The van der Waals surface area contributed by atoms with Crippen molar-refractivity contribution >= 4 is 129 Å². The molecule has 760 valence electrons. The van der Waals surface area contributed by atoms with Gasteiger partial charge >= 0.3 is 0 Å². The van der Waals surface area contributed by atoms with Gasteiger partial charge in [-0.15, -0.1) is 12.4 Å². The molecular formula is C103H136ClN11O18S7. The number of benzene rings is 11. The first-order valence-corrected chi connectivity index (χ1v) is 55.8. The van der Waals surface area contributed by atoms with E-state index in [1.54, 1.807) is 106 Å². The topological polar surface area (TPSA) is 439 Å². The van der Waals surface area contributed by atoms with Gasteiger partial charge in [0.1, 0.15) is 0 Å². The molecular weight excluding hydrogens is 1940 g/mol. The summed E-state index contributed by atoms with van der Waals surface area (Å²) in [5, 5.41) is 10.3. The van der Waals surface area contributed by atoms with E-state index in [9.17, 15) is 73.3 Å². The highest BCUT2D eigenvalue weighted by Gasteiger charge is 2.36. The molecule has 1 atom stereocenters. The minimum Gasteiger partial charge on any atom is -0.399 e. The normalized spacial score (nSPS) is 14.8. The number of halogens is 1. The number of piperazine rings is 1. The molecule has 11 aromatic rings. The quantitative estimate of drug-likeness (QED) is 0.0442. The summed E-state index contributed by atoms with van der Waals surface area (Å²) < 4.78 is 177. The van der Waals surface area contributed by atoms with Crippen LogP contribution in [0.4, 0.5) is 28.4 Å². The lowest BCUT2D eigenvalue weighted by Gasteiger charge is -2.31. The molecule has 0 bridgehead atoms. The second-order valence-electron chi connectivity index (χ2n) is 34.4. The van der Waals surface area contributed by atoms with Crippen molar-refractivity contribution in [3.63, 3.8) is 0 Å². The summed E-state index contributed by atoms with van der Waals surface area (Å²) in [6.07, 6.45) is 6.83. The van der Waals surface area contributed by atoms with Crippen LogP contribution in [-0.2, 0) is 89.1 Å². The van der Waals surface area contributed by atoms with Crippen LogP contribution in [0.2, 0.25) is 0 Å². The lowest BCUT2D eigenvalue weighted by Crippen LogP contribution is -2.46. The Labute approximate surface area is 837 Å². The number of nitrogens with two attached hydrogens (primary N) is 3. The predicted octanol–water partition coefficient (Wildman–Crippen LogP) is 16.7. The molecule has 16 rings (SSSR count). The fraction of sp³-hybridized carbons (Fsp3) is 0.330. The molecule has 2 aliphatic carbocycles. The summed E-state index contributed by atoms with van der Waals surface area (Å²) in [5.74, 6) is -0.176. The van der Waals surface area contributed by atoms with Crippen molar-refractivity contribution in [3.8, 4) is 0 Å². The van der Waals surface area contributed by atoms with Gasteiger partial charge in [0.15, 0.2) is 9.84 Å². The van der Waals surface area contributed by atoms with Crippen molar-refractivity contribution in [2.45, 2.75) is 176 Å². The van der Waals surface area contributed by atoms with Gasteiger partial charge < -0.3 is 31.7 Å². The number of hydrogen-bond acceptors (Lipinski definition) is 21. The minimum absolute atomic E-state index is 0. The second-order valence-corrected chi connectivity index (χ2v) is 47.4. The van der Waals surface area contributed by atoms with Gasteiger partial charge in [-0.25, -0.2) is 68.8 Å². The first-order valence-electron chi connectivity index (χ1n) is 45.0. The second kappa shape index (κ2) is 56.5. The van der Waals surface area contributed by atoms with Crippen molar-refractivity contribution in [1.29, 1.82) is 0 Å². The number of rotatable bonds is 16. The standard InChI is InChI=1S/C12H18N2O2S.C12H17NO2S.C11H15NO3S.C11H13NO.C10H13NO2S.C9H11NO3S.C9H11NO.C8H10O2S.C7H9NO2S.2C7H9N.ClH/c1-11-3-5-12(6-4-11)17(15,16)14-9-7-13(2)8-10-14;1-10-5-7-12(8-6-10)16(14,15)13-9-3-4-11(13)2;1-10-2-4-11(5-3-10)16(13,14)12-6-8-15-9-7-12;1-8-2-6-10(7-3-8)12-11(13)9-4-5-9;1-8-2-4-9(5-3-8)11-14(12,13)10-6-7-10;1-7-3-5-9(6-4-7)14(12,13)10-8(2)11;1-7-3-5-9(6-4-7)10-8(2)11;1-7-3-5-8(6-4-7)11(2,9)10;1-6-2-4-7(5-3-6)11(8,9)10;2*1-6-2-4-7(8)5-3-6;/h3-6H,7-10H2,1-2H3;5-8,11H,3-4,9H2,1-2H3;2-5H,6-9H2,1H3;2-3,6-7,9H,4-5H2,1H3,(H,12,13);2-5,10-11H,6-7H2,1H3;3-6H,1-2H3,(H,10,11);3-6H,1-2H3,(H,10,11);3-6H,1-2H3;2-5H,1H3,(H2,8,9,10);2*2-5H,8H2,1H3;1H. The lowest BCUT2D eigenvalue weighted by molar-refractivity contribution is -0.118. The highest BCUT2D eigenvalue weighted by Crippen LogP contribution is 2.32. The largest absolute Gasteiger partial charge is 0.399 e. The Bertz CT molecular complexity index is 6420. The third-order valence-corrected chi connectivity index (χ3v) is 32.6. The first kappa shape index (κ1) is 119. The van der Waals surface area contributed by atoms with E-state index in [-0.39, 0.29) is 51.2 Å². The molecule has 1 unspecified atom stereocenters. The summed E-state index contributed by atoms with van der Waals surface area (Å²) in [6.45, 7) is 31.5. The average Bonchev–Trinajstić information content (AvgIpc) is 1.72. The Balaban J connectivity index is 0.000000273. The molecule has 11 aromatic carbocycles. The van der Waals surface area contributed by atoms with E-state index in [4.69, 9.17) is 21.3 Å². The van der Waals surface area contributed by atoms with Crippen LogP contribution >= 0.6 is 12.4 Å². The van der Waals surface area contributed by atoms with E-state index in [2.05, 4.69) is 20.3 Å². The van der Waals surface area contributed by atoms with E-state index in [1.165, 1.54) is 64.0 Å². The maximum Gasteiger partial charge on any atom is 0.264 e. The van der Waals surface area contributed by atoms with Gasteiger partial charge in [0, 0.05) is 106 Å². The van der Waals surface area contributed by atoms with E-state index < -0.39 is 75.9 Å². The number of likely N-dealkylation sites (N-methyl/N-ethyl adjacent to an activating group) is 1. The Morgan fingerprint density at radius 1 is 0.343 bits per heavy atom. The van der Waals surface area contributed by atoms with Crippen molar-refractivity contribution in [3.05, 3.63) is 328 Å². The number of anilines is 5. The fourth-order valence-corrected chi connectivity index (χ4v) is 20.6. The van der Waals surface area contributed by atoms with Crippen molar-refractivity contribution < 1.29 is 78.0 Å². The highest BCUT2D eigenvalue weighted by atomic mass is 35.5. The van der Waals surface area contributed by atoms with Crippen LogP contribution in [0.15, 0.2) is 296 Å². The molecule has 10 N–H and O–H groups in total. The monoisotopic (exact) mass is 2070 g/mol. The molecule has 3 amide bonds. The molecule has 2 saturated carbocycles. The summed E-state index contributed by atoms with van der Waals surface area (Å²) in [4.78, 5) is 36.5. The number of sulfone groups is 1. The Morgan fingerprint density at radius 3 is 0.929 bits per heavy atom. The molecule has 0 radical (unpaired) electrons. The number of carbonyl (C=O) groups is 3. The lowest BCUT2D eigenvalue weighted by atomic mass is 10.2. The zero-order valence-electron chi connectivity index (χ0n) is 82.4. The van der Waals surface area contributed by atoms with Gasteiger partial charge in [-0.2, -0.15) is 12.9 Å². The Hall–Kier alpha value is -11.1. The van der Waals surface area contributed by atoms with Gasteiger partial charge in [-0.05, 0) is 262 Å². The number of aryl methyl sites for hydroxylation is 11. The maximum atomic E-state index is 12.3. The number of primary sulfonamides is 1. The van der Waals surface area contributed by atoms with E-state index >= 15 is 0 Å². The van der Waals surface area contributed by atoms with Gasteiger partial charge in [0.2, 0.25) is 67.8 Å². The van der Waals surface area contributed by atoms with Gasteiger partial charge in [0.25, 0.3) is 10.0 Å². The smallest absolute Gasteiger partial charge is 0.264 e. The zero-order chi connectivity index (χ0) is 103. The van der Waals surface area contributed by atoms with Gasteiger partial charge in [-0.3, -0.25) is 19.1 Å². The third-order valence-electron chi connectivity index (χ3n) is 21.3. The van der Waals surface area contributed by atoms with E-state index in [0.29, 0.717) is 71.2 Å². The Kier molecular flexibility index (Phi) is 48.2. The van der Waals surface area contributed by atoms with Crippen LogP contribution in [0.1, 0.15) is 120 Å². The Morgan fingerprint density at radius 2 is 0.636 bits per heavy atom. The minimum atomic E-state index is -3.68. The number of nitrogens with one attached hydrogen (secondary N) is 4. The summed E-state index contributed by atoms with van der Waals surface area (Å²) >= 11 is 0. The van der Waals surface area contributed by atoms with Gasteiger partial charge in [0.05, 0.1) is 47.8 Å². The van der Waals surface area contributed by atoms with E-state index in [0.717, 1.165) is 120 Å². The number of nitrogen functional groups attached to an aromatic ring is 2. The summed E-state index contributed by atoms with van der Waals surface area (Å²) in [6, 6.07) is 79.2. The number of hydrogen-bond donors (Lipinski definition) is 7. The maximum absolute atomic E-state index is 12.3. The van der Waals surface area contributed by atoms with Crippen molar-refractivity contribution in [1.82, 2.24) is 22.5 Å². The molecule has 0 aromatic heterocycles. The number of sulfonamides is 6.